The highest BCUT2D eigenvalue weighted by molar-refractivity contribution is 6.14. The fraction of sp³-hybridized carbons (Fsp3) is 0.0345. The van der Waals surface area contributed by atoms with E-state index in [-0.39, 0.29) is 0 Å². The smallest absolute Gasteiger partial charge is 0.135 e. The van der Waals surface area contributed by atoms with E-state index in [1.165, 1.54) is 54.9 Å². The topological polar surface area (TPSA) is 16.4 Å². The van der Waals surface area contributed by atoms with E-state index in [1.807, 2.05) is 12.1 Å². The van der Waals surface area contributed by atoms with Crippen LogP contribution in [-0.4, -0.2) is 0 Å². The molecule has 0 bridgehead atoms. The predicted octanol–water partition coefficient (Wildman–Crippen LogP) is 15.6. The zero-order valence-corrected chi connectivity index (χ0v) is 33.3. The lowest BCUT2D eigenvalue weighted by Crippen LogP contribution is -2.28. The van der Waals surface area contributed by atoms with Crippen molar-refractivity contribution in [3.8, 4) is 11.1 Å². The summed E-state index contributed by atoms with van der Waals surface area (Å²) in [7, 11) is 0. The van der Waals surface area contributed by atoms with E-state index in [2.05, 4.69) is 225 Å². The summed E-state index contributed by atoms with van der Waals surface area (Å²) < 4.78 is 6.14. The largest absolute Gasteiger partial charge is 0.456 e. The van der Waals surface area contributed by atoms with E-state index < -0.39 is 5.41 Å². The molecule has 284 valence electrons. The van der Waals surface area contributed by atoms with Crippen molar-refractivity contribution in [1.29, 1.82) is 0 Å². The van der Waals surface area contributed by atoms with E-state index >= 15 is 0 Å². The minimum absolute atomic E-state index is 0.476. The lowest BCUT2D eigenvalue weighted by atomic mass is 9.68. The van der Waals surface area contributed by atoms with Crippen LogP contribution in [-0.2, 0) is 5.41 Å². The van der Waals surface area contributed by atoms with Gasteiger partial charge in [0.05, 0.1) is 11.1 Å². The molecular weight excluding hydrogens is 727 g/mol. The molecular formula is C58H41NO. The van der Waals surface area contributed by atoms with Crippen LogP contribution in [0.4, 0.5) is 11.4 Å². The van der Waals surface area contributed by atoms with Crippen LogP contribution in [0.15, 0.2) is 235 Å². The number of anilines is 2. The number of benzene rings is 9. The van der Waals surface area contributed by atoms with Gasteiger partial charge in [0.15, 0.2) is 0 Å². The number of hydrogen-bond donors (Lipinski definition) is 0. The minimum Gasteiger partial charge on any atom is -0.456 e. The van der Waals surface area contributed by atoms with E-state index in [0.717, 1.165) is 50.1 Å². The molecule has 9 aromatic carbocycles. The molecule has 1 aliphatic rings. The Kier molecular flexibility index (Phi) is 8.46. The van der Waals surface area contributed by atoms with Gasteiger partial charge >= 0.3 is 0 Å². The first-order chi connectivity index (χ1) is 29.6. The molecule has 0 spiro atoms. The molecule has 0 aliphatic heterocycles. The Morgan fingerprint density at radius 1 is 0.500 bits per heavy atom. The van der Waals surface area contributed by atoms with Crippen LogP contribution in [0, 0.1) is 0 Å². The van der Waals surface area contributed by atoms with Gasteiger partial charge in [-0.15, -0.1) is 0 Å². The Hall–Kier alpha value is -7.68. The SMILES string of the molecule is C=C(/C=C\C(=C/C)N(c1ccc(C2(c3ccccc3)c3ccccc3-c3ccccc32)cc1)c1cc2ccccc2c2ccccc12)c1ccc2oc3ccccc3c2c1. The van der Waals surface area contributed by atoms with Crippen molar-refractivity contribution in [1.82, 2.24) is 0 Å². The molecule has 1 aromatic heterocycles. The molecule has 1 aliphatic carbocycles. The third kappa shape index (κ3) is 5.49. The standard InChI is InChI=1S/C58H41NO/c1-3-44(33-29-39(2)40-30-36-57-52(37-40)51-25-13-16-28-56(51)60-57)59(55-38-41-17-7-8-20-46(41)47-21-9-10-24-50(47)55)45-34-31-43(32-35-45)58(42-18-5-4-6-19-42)53-26-14-11-22-48(53)49-23-12-15-27-54(49)58/h3-38H,2H2,1H3/b33-29-,44-3+. The van der Waals surface area contributed by atoms with E-state index in [9.17, 15) is 0 Å². The van der Waals surface area contributed by atoms with Crippen LogP contribution in [0.5, 0.6) is 0 Å². The zero-order valence-electron chi connectivity index (χ0n) is 33.3. The summed E-state index contributed by atoms with van der Waals surface area (Å²) in [5.41, 5.74) is 14.1. The van der Waals surface area contributed by atoms with Crippen LogP contribution in [0.1, 0.15) is 34.7 Å². The van der Waals surface area contributed by atoms with E-state index in [1.54, 1.807) is 0 Å². The summed E-state index contributed by atoms with van der Waals surface area (Å²) in [6.07, 6.45) is 6.54. The average Bonchev–Trinajstić information content (AvgIpc) is 3.84. The van der Waals surface area contributed by atoms with Crippen LogP contribution >= 0.6 is 0 Å². The molecule has 0 N–H and O–H groups in total. The van der Waals surface area contributed by atoms with Crippen molar-refractivity contribution in [3.05, 3.63) is 259 Å². The second kappa shape index (κ2) is 14.3. The highest BCUT2D eigenvalue weighted by Gasteiger charge is 2.45. The minimum atomic E-state index is -0.476. The van der Waals surface area contributed by atoms with E-state index in [4.69, 9.17) is 4.42 Å². The predicted molar refractivity (Wildman–Crippen MR) is 253 cm³/mol. The van der Waals surface area contributed by atoms with Gasteiger partial charge in [0.2, 0.25) is 0 Å². The van der Waals surface area contributed by atoms with Gasteiger partial charge in [0.25, 0.3) is 0 Å². The number of hydrogen-bond acceptors (Lipinski definition) is 2. The molecule has 0 saturated heterocycles. The summed E-state index contributed by atoms with van der Waals surface area (Å²) in [6.45, 7) is 6.68. The maximum atomic E-state index is 6.14. The zero-order chi connectivity index (χ0) is 40.2. The lowest BCUT2D eigenvalue weighted by Gasteiger charge is -2.34. The number of furan rings is 1. The van der Waals surface area contributed by atoms with E-state index in [0.29, 0.717) is 0 Å². The summed E-state index contributed by atoms with van der Waals surface area (Å²) in [5, 5.41) is 7.04. The van der Waals surface area contributed by atoms with Crippen LogP contribution in [0.2, 0.25) is 0 Å². The van der Waals surface area contributed by atoms with Crippen molar-refractivity contribution in [3.63, 3.8) is 0 Å². The summed E-state index contributed by atoms with van der Waals surface area (Å²) >= 11 is 0. The highest BCUT2D eigenvalue weighted by atomic mass is 16.3. The fourth-order valence-electron chi connectivity index (χ4n) is 9.73. The van der Waals surface area contributed by atoms with Gasteiger partial charge in [-0.25, -0.2) is 0 Å². The normalized spacial score (nSPS) is 13.3. The van der Waals surface area contributed by atoms with Gasteiger partial charge in [0, 0.05) is 27.5 Å². The Labute approximate surface area is 350 Å². The first kappa shape index (κ1) is 35.5. The molecule has 1 heterocycles. The summed E-state index contributed by atoms with van der Waals surface area (Å²) in [4.78, 5) is 2.40. The van der Waals surface area contributed by atoms with Crippen LogP contribution in [0.3, 0.4) is 0 Å². The molecule has 2 heteroatoms. The second-order valence-electron chi connectivity index (χ2n) is 15.6. The van der Waals surface area contributed by atoms with Gasteiger partial charge in [-0.2, -0.15) is 0 Å². The van der Waals surface area contributed by atoms with Gasteiger partial charge in [-0.05, 0) is 110 Å². The fourth-order valence-corrected chi connectivity index (χ4v) is 9.73. The highest BCUT2D eigenvalue weighted by Crippen LogP contribution is 2.56. The number of rotatable bonds is 8. The second-order valence-corrected chi connectivity index (χ2v) is 15.6. The molecule has 0 atom stereocenters. The molecule has 2 nitrogen and oxygen atoms in total. The number of fused-ring (bicyclic) bond motifs is 9. The number of para-hydroxylation sites is 1. The Morgan fingerprint density at radius 2 is 1.08 bits per heavy atom. The molecule has 11 rings (SSSR count). The van der Waals surface area contributed by atoms with Gasteiger partial charge in [0.1, 0.15) is 11.2 Å². The third-order valence-corrected chi connectivity index (χ3v) is 12.5. The van der Waals surface area contributed by atoms with Crippen LogP contribution < -0.4 is 4.90 Å². The third-order valence-electron chi connectivity index (χ3n) is 12.5. The first-order valence-corrected chi connectivity index (χ1v) is 20.6. The Bertz CT molecular complexity index is 3300. The summed E-state index contributed by atoms with van der Waals surface area (Å²) in [6, 6.07) is 72.5. The lowest BCUT2D eigenvalue weighted by molar-refractivity contribution is 0.669. The van der Waals surface area contributed by atoms with Crippen LogP contribution in [0.25, 0.3) is 60.2 Å². The quantitative estimate of drug-likeness (QED) is 0.113. The maximum Gasteiger partial charge on any atom is 0.135 e. The molecule has 0 unspecified atom stereocenters. The number of nitrogens with zero attached hydrogens (tertiary/aromatic N) is 1. The summed E-state index contributed by atoms with van der Waals surface area (Å²) in [5.74, 6) is 0. The van der Waals surface area contributed by atoms with Crippen molar-refractivity contribution in [2.45, 2.75) is 12.3 Å². The average molecular weight is 768 g/mol. The monoisotopic (exact) mass is 767 g/mol. The van der Waals surface area contributed by atoms with Crippen molar-refractivity contribution < 1.29 is 4.42 Å². The molecule has 0 saturated carbocycles. The molecule has 0 radical (unpaired) electrons. The molecule has 60 heavy (non-hydrogen) atoms. The maximum absolute atomic E-state index is 6.14. The van der Waals surface area contributed by atoms with Gasteiger partial charge < -0.3 is 9.32 Å². The van der Waals surface area contributed by atoms with Crippen molar-refractivity contribution >= 4 is 60.4 Å². The Morgan fingerprint density at radius 3 is 1.82 bits per heavy atom. The first-order valence-electron chi connectivity index (χ1n) is 20.6. The van der Waals surface area contributed by atoms with Crippen molar-refractivity contribution in [2.75, 3.05) is 4.90 Å². The van der Waals surface area contributed by atoms with Crippen molar-refractivity contribution in [2.24, 2.45) is 0 Å². The molecule has 10 aromatic rings. The Balaban J connectivity index is 1.07. The van der Waals surface area contributed by atoms with Gasteiger partial charge in [-0.1, -0.05) is 183 Å². The molecule has 0 fully saturated rings. The van der Waals surface area contributed by atoms with Gasteiger partial charge in [-0.3, -0.25) is 0 Å². The number of allylic oxidation sites excluding steroid dienone is 4. The molecule has 0 amide bonds.